The number of nitrogens with one attached hydrogen (secondary N) is 1. The molecule has 0 aromatic carbocycles. The fourth-order valence-corrected chi connectivity index (χ4v) is 2.84. The molecule has 9 heteroatoms. The SMILES string of the molecule is C=CC=NC=CCCNC(=O)CCC(=O)N(CC)c1cn(-c2cccnc2)nc1Cl. The summed E-state index contributed by atoms with van der Waals surface area (Å²) in [6, 6.07) is 3.62. The van der Waals surface area contributed by atoms with E-state index in [0.29, 0.717) is 25.2 Å². The second-order valence-electron chi connectivity index (χ2n) is 6.16. The maximum atomic E-state index is 12.7. The molecule has 0 aliphatic carbocycles. The molecule has 0 fully saturated rings. The van der Waals surface area contributed by atoms with Gasteiger partial charge in [0.2, 0.25) is 11.8 Å². The van der Waals surface area contributed by atoms with Gasteiger partial charge in [0.25, 0.3) is 0 Å². The van der Waals surface area contributed by atoms with Gasteiger partial charge in [-0.05, 0) is 25.5 Å². The quantitative estimate of drug-likeness (QED) is 0.439. The Morgan fingerprint density at radius 1 is 1.40 bits per heavy atom. The third-order valence-corrected chi connectivity index (χ3v) is 4.32. The van der Waals surface area contributed by atoms with Crippen LogP contribution in [0.15, 0.2) is 60.6 Å². The molecule has 8 nitrogen and oxygen atoms in total. The summed E-state index contributed by atoms with van der Waals surface area (Å²) < 4.78 is 1.57. The first kappa shape index (κ1) is 23.0. The summed E-state index contributed by atoms with van der Waals surface area (Å²) >= 11 is 6.26. The maximum Gasteiger partial charge on any atom is 0.227 e. The van der Waals surface area contributed by atoms with Gasteiger partial charge in [-0.15, -0.1) is 0 Å². The zero-order valence-electron chi connectivity index (χ0n) is 16.9. The average molecular weight is 429 g/mol. The number of aliphatic imine (C=N–C) groups is 1. The fourth-order valence-electron chi connectivity index (χ4n) is 2.61. The first-order valence-corrected chi connectivity index (χ1v) is 9.96. The number of pyridine rings is 1. The Morgan fingerprint density at radius 2 is 2.23 bits per heavy atom. The number of carbonyl (C=O) groups excluding carboxylic acids is 2. The van der Waals surface area contributed by atoms with E-state index >= 15 is 0 Å². The van der Waals surface area contributed by atoms with Gasteiger partial charge in [-0.3, -0.25) is 19.6 Å². The molecule has 0 saturated carbocycles. The maximum absolute atomic E-state index is 12.7. The number of nitrogens with zero attached hydrogens (tertiary/aromatic N) is 5. The van der Waals surface area contributed by atoms with Crippen LogP contribution in [0.5, 0.6) is 0 Å². The van der Waals surface area contributed by atoms with E-state index in [1.807, 2.05) is 19.1 Å². The number of allylic oxidation sites excluding steroid dienone is 1. The summed E-state index contributed by atoms with van der Waals surface area (Å²) in [6.07, 6.45) is 12.5. The zero-order valence-corrected chi connectivity index (χ0v) is 17.6. The Balaban J connectivity index is 1.87. The minimum Gasteiger partial charge on any atom is -0.356 e. The highest BCUT2D eigenvalue weighted by Crippen LogP contribution is 2.26. The predicted molar refractivity (Wildman–Crippen MR) is 119 cm³/mol. The van der Waals surface area contributed by atoms with Crippen LogP contribution in [0.1, 0.15) is 26.2 Å². The predicted octanol–water partition coefficient (Wildman–Crippen LogP) is 3.33. The normalized spacial score (nSPS) is 11.1. The van der Waals surface area contributed by atoms with E-state index in [0.717, 1.165) is 5.69 Å². The van der Waals surface area contributed by atoms with Crippen molar-refractivity contribution in [3.8, 4) is 5.69 Å². The number of carbonyl (C=O) groups is 2. The van der Waals surface area contributed by atoms with Crippen LogP contribution in [0.3, 0.4) is 0 Å². The molecular formula is C21H25ClN6O2. The van der Waals surface area contributed by atoms with Crippen molar-refractivity contribution < 1.29 is 9.59 Å². The number of rotatable bonds is 11. The molecule has 0 aliphatic rings. The second kappa shape index (κ2) is 12.3. The van der Waals surface area contributed by atoms with E-state index in [2.05, 4.69) is 27.0 Å². The van der Waals surface area contributed by atoms with Gasteiger partial charge in [0.15, 0.2) is 5.15 Å². The van der Waals surface area contributed by atoms with E-state index in [9.17, 15) is 9.59 Å². The van der Waals surface area contributed by atoms with Gasteiger partial charge >= 0.3 is 0 Å². The van der Waals surface area contributed by atoms with Crippen LogP contribution in [0.4, 0.5) is 5.69 Å². The van der Waals surface area contributed by atoms with Gasteiger partial charge in [0, 0.05) is 44.5 Å². The third kappa shape index (κ3) is 6.97. The summed E-state index contributed by atoms with van der Waals surface area (Å²) in [5, 5.41) is 7.24. The van der Waals surface area contributed by atoms with Gasteiger partial charge < -0.3 is 10.2 Å². The van der Waals surface area contributed by atoms with E-state index < -0.39 is 0 Å². The Labute approximate surface area is 181 Å². The van der Waals surface area contributed by atoms with Gasteiger partial charge in [0.1, 0.15) is 5.69 Å². The van der Waals surface area contributed by atoms with Crippen molar-refractivity contribution >= 4 is 35.3 Å². The lowest BCUT2D eigenvalue weighted by molar-refractivity contribution is -0.125. The largest absolute Gasteiger partial charge is 0.356 e. The number of hydrogen-bond acceptors (Lipinski definition) is 5. The molecule has 0 unspecified atom stereocenters. The lowest BCUT2D eigenvalue weighted by Crippen LogP contribution is -2.32. The third-order valence-electron chi connectivity index (χ3n) is 4.05. The summed E-state index contributed by atoms with van der Waals surface area (Å²) in [6.45, 7) is 6.26. The topological polar surface area (TPSA) is 92.5 Å². The van der Waals surface area contributed by atoms with E-state index in [-0.39, 0.29) is 29.8 Å². The van der Waals surface area contributed by atoms with E-state index in [4.69, 9.17) is 11.6 Å². The molecule has 0 atom stereocenters. The number of amides is 2. The van der Waals surface area contributed by atoms with Crippen molar-refractivity contribution in [2.24, 2.45) is 4.99 Å². The monoisotopic (exact) mass is 428 g/mol. The zero-order chi connectivity index (χ0) is 21.8. The minimum atomic E-state index is -0.195. The summed E-state index contributed by atoms with van der Waals surface area (Å²) in [4.78, 5) is 34.2. The molecule has 0 bridgehead atoms. The van der Waals surface area contributed by atoms with Crippen LogP contribution >= 0.6 is 11.6 Å². The minimum absolute atomic E-state index is 0.0769. The lowest BCUT2D eigenvalue weighted by Gasteiger charge is -2.19. The Kier molecular flexibility index (Phi) is 9.47. The van der Waals surface area contributed by atoms with Gasteiger partial charge in [-0.25, -0.2) is 4.68 Å². The van der Waals surface area contributed by atoms with Crippen molar-refractivity contribution in [1.29, 1.82) is 0 Å². The number of anilines is 1. The highest BCUT2D eigenvalue weighted by atomic mass is 35.5. The average Bonchev–Trinajstić information content (AvgIpc) is 3.14. The highest BCUT2D eigenvalue weighted by Gasteiger charge is 2.20. The molecule has 0 radical (unpaired) electrons. The molecule has 0 saturated heterocycles. The number of hydrogen-bond donors (Lipinski definition) is 1. The molecule has 1 N–H and O–H groups in total. The van der Waals surface area contributed by atoms with Crippen LogP contribution in [-0.2, 0) is 9.59 Å². The molecule has 2 heterocycles. The van der Waals surface area contributed by atoms with Crippen molar-refractivity contribution in [2.45, 2.75) is 26.2 Å². The molecule has 2 rings (SSSR count). The van der Waals surface area contributed by atoms with Crippen molar-refractivity contribution in [3.63, 3.8) is 0 Å². The first-order chi connectivity index (χ1) is 14.6. The van der Waals surface area contributed by atoms with Crippen molar-refractivity contribution in [1.82, 2.24) is 20.1 Å². The Morgan fingerprint density at radius 3 is 2.93 bits per heavy atom. The van der Waals surface area contributed by atoms with Crippen LogP contribution in [-0.4, -0.2) is 45.9 Å². The lowest BCUT2D eigenvalue weighted by atomic mass is 10.2. The van der Waals surface area contributed by atoms with E-state index in [1.54, 1.807) is 47.8 Å². The molecule has 158 valence electrons. The van der Waals surface area contributed by atoms with Gasteiger partial charge in [-0.1, -0.05) is 30.3 Å². The van der Waals surface area contributed by atoms with Crippen molar-refractivity contribution in [3.05, 3.63) is 60.8 Å². The van der Waals surface area contributed by atoms with Crippen LogP contribution < -0.4 is 10.2 Å². The highest BCUT2D eigenvalue weighted by molar-refractivity contribution is 6.32. The molecule has 2 aromatic heterocycles. The summed E-state index contributed by atoms with van der Waals surface area (Å²) in [7, 11) is 0. The number of aromatic nitrogens is 3. The summed E-state index contributed by atoms with van der Waals surface area (Å²) in [5.41, 5.74) is 1.23. The molecule has 2 amide bonds. The first-order valence-electron chi connectivity index (χ1n) is 9.58. The molecule has 0 spiro atoms. The van der Waals surface area contributed by atoms with Crippen molar-refractivity contribution in [2.75, 3.05) is 18.0 Å². The smallest absolute Gasteiger partial charge is 0.227 e. The Hall–Kier alpha value is -3.26. The van der Waals surface area contributed by atoms with Crippen LogP contribution in [0.2, 0.25) is 5.15 Å². The van der Waals surface area contributed by atoms with Crippen LogP contribution in [0.25, 0.3) is 5.69 Å². The van der Waals surface area contributed by atoms with Crippen LogP contribution in [0, 0.1) is 0 Å². The van der Waals surface area contributed by atoms with Gasteiger partial charge in [0.05, 0.1) is 18.1 Å². The molecular weight excluding hydrogens is 404 g/mol. The molecule has 0 aliphatic heterocycles. The second-order valence-corrected chi connectivity index (χ2v) is 6.51. The van der Waals surface area contributed by atoms with Gasteiger partial charge in [-0.2, -0.15) is 5.10 Å². The molecule has 30 heavy (non-hydrogen) atoms. The van der Waals surface area contributed by atoms with E-state index in [1.165, 1.54) is 4.90 Å². The number of halogens is 1. The fraction of sp³-hybridized carbons (Fsp3) is 0.286. The molecule has 2 aromatic rings. The Bertz CT molecular complexity index is 907. The standard InChI is InChI=1S/C21H25ClN6O2/c1-3-11-23-12-5-6-14-25-19(29)9-10-20(30)27(4-2)18-16-28(26-21(18)22)17-8-7-13-24-15-17/h3,5,7-8,11-13,15-16H,1,4,6,9-10,14H2,2H3,(H,25,29). The summed E-state index contributed by atoms with van der Waals surface area (Å²) in [5.74, 6) is -0.376.